The maximum atomic E-state index is 13.8. The first kappa shape index (κ1) is 22.7. The highest BCUT2D eigenvalue weighted by atomic mass is 35.5. The van der Waals surface area contributed by atoms with E-state index in [1.807, 2.05) is 19.9 Å². The lowest BCUT2D eigenvalue weighted by molar-refractivity contribution is -0.119. The molecule has 7 nitrogen and oxygen atoms in total. The van der Waals surface area contributed by atoms with Crippen LogP contribution in [0.25, 0.3) is 0 Å². The van der Waals surface area contributed by atoms with Crippen molar-refractivity contribution in [2.45, 2.75) is 31.7 Å². The van der Waals surface area contributed by atoms with E-state index in [0.29, 0.717) is 6.07 Å². The summed E-state index contributed by atoms with van der Waals surface area (Å²) in [5, 5.41) is 7.02. The molecular formula is C20H19ClF2N4O3S. The Balaban J connectivity index is 1.77. The van der Waals surface area contributed by atoms with Crippen LogP contribution in [0.4, 0.5) is 20.2 Å². The second-order valence-corrected chi connectivity index (χ2v) is 8.97. The second-order valence-electron chi connectivity index (χ2n) is 6.91. The predicted molar refractivity (Wildman–Crippen MR) is 114 cm³/mol. The Kier molecular flexibility index (Phi) is 6.33. The van der Waals surface area contributed by atoms with E-state index in [2.05, 4.69) is 15.1 Å². The summed E-state index contributed by atoms with van der Waals surface area (Å²) in [7, 11) is -4.31. The lowest BCUT2D eigenvalue weighted by atomic mass is 10.2. The highest BCUT2D eigenvalue weighted by molar-refractivity contribution is 7.92. The minimum Gasteiger partial charge on any atom is -0.323 e. The summed E-state index contributed by atoms with van der Waals surface area (Å²) in [6.45, 7) is 5.34. The summed E-state index contributed by atoms with van der Waals surface area (Å²) in [6, 6.07) is 7.41. The van der Waals surface area contributed by atoms with Crippen LogP contribution in [-0.4, -0.2) is 24.1 Å². The van der Waals surface area contributed by atoms with Crippen LogP contribution in [0.2, 0.25) is 5.02 Å². The SMILES string of the molecule is Cc1cc(C)n(C(C)C(=O)Nc2ccc(NS(=O)(=O)c3ccc(F)cc3F)cc2Cl)n1. The molecule has 0 bridgehead atoms. The topological polar surface area (TPSA) is 93.1 Å². The first-order chi connectivity index (χ1) is 14.5. The van der Waals surface area contributed by atoms with Crippen molar-refractivity contribution in [3.8, 4) is 0 Å². The van der Waals surface area contributed by atoms with Gasteiger partial charge in [0, 0.05) is 11.8 Å². The van der Waals surface area contributed by atoms with E-state index in [4.69, 9.17) is 11.6 Å². The third-order valence-electron chi connectivity index (χ3n) is 4.45. The van der Waals surface area contributed by atoms with Crippen LogP contribution in [0.1, 0.15) is 24.4 Å². The summed E-state index contributed by atoms with van der Waals surface area (Å²) >= 11 is 6.19. The zero-order valence-corrected chi connectivity index (χ0v) is 18.4. The molecule has 1 atom stereocenters. The molecule has 0 saturated carbocycles. The number of aromatic nitrogens is 2. The highest BCUT2D eigenvalue weighted by Gasteiger charge is 2.21. The summed E-state index contributed by atoms with van der Waals surface area (Å²) in [6.07, 6.45) is 0. The number of anilines is 2. The zero-order chi connectivity index (χ0) is 22.9. The molecule has 0 radical (unpaired) electrons. The Morgan fingerprint density at radius 1 is 1.13 bits per heavy atom. The number of rotatable bonds is 6. The van der Waals surface area contributed by atoms with Crippen molar-refractivity contribution in [1.82, 2.24) is 9.78 Å². The van der Waals surface area contributed by atoms with E-state index < -0.39 is 32.6 Å². The van der Waals surface area contributed by atoms with Gasteiger partial charge >= 0.3 is 0 Å². The van der Waals surface area contributed by atoms with Gasteiger partial charge in [-0.05, 0) is 57.2 Å². The highest BCUT2D eigenvalue weighted by Crippen LogP contribution is 2.28. The monoisotopic (exact) mass is 468 g/mol. The standard InChI is InChI=1S/C20H19ClF2N4O3S/c1-11-8-12(2)27(25-11)13(3)20(28)24-18-6-5-15(10-16(18)21)26-31(29,30)19-7-4-14(22)9-17(19)23/h4-10,13,26H,1-3H3,(H,24,28). The summed E-state index contributed by atoms with van der Waals surface area (Å²) in [5.41, 5.74) is 1.91. The summed E-state index contributed by atoms with van der Waals surface area (Å²) < 4.78 is 55.4. The molecule has 1 unspecified atom stereocenters. The molecule has 164 valence electrons. The third-order valence-corrected chi connectivity index (χ3v) is 6.18. The van der Waals surface area contributed by atoms with Gasteiger partial charge < -0.3 is 5.32 Å². The van der Waals surface area contributed by atoms with Crippen LogP contribution in [0, 0.1) is 25.5 Å². The molecular weight excluding hydrogens is 450 g/mol. The van der Waals surface area contributed by atoms with E-state index >= 15 is 0 Å². The van der Waals surface area contributed by atoms with E-state index in [-0.39, 0.29) is 22.3 Å². The molecule has 0 aliphatic carbocycles. The van der Waals surface area contributed by atoms with Crippen molar-refractivity contribution in [1.29, 1.82) is 0 Å². The van der Waals surface area contributed by atoms with Gasteiger partial charge in [-0.3, -0.25) is 14.2 Å². The Bertz CT molecular complexity index is 1260. The predicted octanol–water partition coefficient (Wildman–Crippen LogP) is 4.43. The van der Waals surface area contributed by atoms with Gasteiger partial charge in [-0.25, -0.2) is 17.2 Å². The smallest absolute Gasteiger partial charge is 0.264 e. The Morgan fingerprint density at radius 3 is 2.42 bits per heavy atom. The molecule has 1 amide bonds. The number of benzene rings is 2. The first-order valence-electron chi connectivity index (χ1n) is 9.09. The van der Waals surface area contributed by atoms with E-state index in [9.17, 15) is 22.0 Å². The molecule has 31 heavy (non-hydrogen) atoms. The largest absolute Gasteiger partial charge is 0.323 e. The third kappa shape index (κ3) is 5.02. The van der Waals surface area contributed by atoms with Crippen molar-refractivity contribution >= 4 is 38.9 Å². The number of nitrogens with zero attached hydrogens (tertiary/aromatic N) is 2. The average Bonchev–Trinajstić information content (AvgIpc) is 3.00. The van der Waals surface area contributed by atoms with Gasteiger partial charge in [0.25, 0.3) is 10.0 Å². The number of carbonyl (C=O) groups excluding carboxylic acids is 1. The molecule has 3 rings (SSSR count). The molecule has 11 heteroatoms. The minimum atomic E-state index is -4.31. The zero-order valence-electron chi connectivity index (χ0n) is 16.8. The number of aryl methyl sites for hydroxylation is 2. The Labute approximate surface area is 183 Å². The molecule has 3 aromatic rings. The van der Waals surface area contributed by atoms with Crippen molar-refractivity contribution in [3.05, 3.63) is 70.5 Å². The normalized spacial score (nSPS) is 12.5. The fourth-order valence-electron chi connectivity index (χ4n) is 2.97. The van der Waals surface area contributed by atoms with Crippen LogP contribution in [0.5, 0.6) is 0 Å². The van der Waals surface area contributed by atoms with Crippen LogP contribution in [-0.2, 0) is 14.8 Å². The Morgan fingerprint density at radius 2 is 1.84 bits per heavy atom. The van der Waals surface area contributed by atoms with Crippen molar-refractivity contribution in [2.24, 2.45) is 0 Å². The lowest BCUT2D eigenvalue weighted by Gasteiger charge is -2.16. The molecule has 1 heterocycles. The van der Waals surface area contributed by atoms with Gasteiger partial charge in [-0.15, -0.1) is 0 Å². The number of carbonyl (C=O) groups is 1. The van der Waals surface area contributed by atoms with Crippen molar-refractivity contribution < 1.29 is 22.0 Å². The van der Waals surface area contributed by atoms with E-state index in [1.165, 1.54) is 18.2 Å². The lowest BCUT2D eigenvalue weighted by Crippen LogP contribution is -2.25. The number of hydrogen-bond donors (Lipinski definition) is 2. The quantitative estimate of drug-likeness (QED) is 0.559. The fraction of sp³-hybridized carbons (Fsp3) is 0.200. The van der Waals surface area contributed by atoms with E-state index in [1.54, 1.807) is 11.6 Å². The minimum absolute atomic E-state index is 0.0401. The maximum Gasteiger partial charge on any atom is 0.264 e. The van der Waals surface area contributed by atoms with Crippen molar-refractivity contribution in [2.75, 3.05) is 10.0 Å². The van der Waals surface area contributed by atoms with E-state index in [0.717, 1.165) is 23.5 Å². The molecule has 0 aliphatic rings. The number of hydrogen-bond acceptors (Lipinski definition) is 4. The number of halogens is 3. The summed E-state index contributed by atoms with van der Waals surface area (Å²) in [5.74, 6) is -2.48. The van der Waals surface area contributed by atoms with Crippen molar-refractivity contribution in [3.63, 3.8) is 0 Å². The average molecular weight is 469 g/mol. The molecule has 1 aromatic heterocycles. The number of amides is 1. The fourth-order valence-corrected chi connectivity index (χ4v) is 4.31. The molecule has 2 N–H and O–H groups in total. The molecule has 0 saturated heterocycles. The number of nitrogens with one attached hydrogen (secondary N) is 2. The number of sulfonamides is 1. The van der Waals surface area contributed by atoms with Crippen LogP contribution >= 0.6 is 11.6 Å². The molecule has 0 fully saturated rings. The summed E-state index contributed by atoms with van der Waals surface area (Å²) in [4.78, 5) is 11.9. The van der Waals surface area contributed by atoms with Gasteiger partial charge in [0.2, 0.25) is 5.91 Å². The van der Waals surface area contributed by atoms with Gasteiger partial charge in [0.05, 0.1) is 22.1 Å². The first-order valence-corrected chi connectivity index (χ1v) is 10.9. The molecule has 0 aliphatic heterocycles. The van der Waals surface area contributed by atoms with Gasteiger partial charge in [0.1, 0.15) is 22.6 Å². The van der Waals surface area contributed by atoms with Gasteiger partial charge in [0.15, 0.2) is 0 Å². The van der Waals surface area contributed by atoms with Crippen LogP contribution < -0.4 is 10.0 Å². The van der Waals surface area contributed by atoms with Crippen LogP contribution in [0.15, 0.2) is 47.4 Å². The van der Waals surface area contributed by atoms with Gasteiger partial charge in [-0.2, -0.15) is 5.10 Å². The second kappa shape index (κ2) is 8.64. The van der Waals surface area contributed by atoms with Gasteiger partial charge in [-0.1, -0.05) is 11.6 Å². The molecule has 2 aromatic carbocycles. The molecule has 0 spiro atoms. The van der Waals surface area contributed by atoms with Crippen LogP contribution in [0.3, 0.4) is 0 Å². The Hall–Kier alpha value is -2.98. The maximum absolute atomic E-state index is 13.8.